The lowest BCUT2D eigenvalue weighted by Crippen LogP contribution is -2.30. The molecule has 0 bridgehead atoms. The molecule has 0 radical (unpaired) electrons. The third kappa shape index (κ3) is 4.67. The number of nitrogens with zero attached hydrogens (tertiary/aromatic N) is 1. The van der Waals surface area contributed by atoms with Gasteiger partial charge in [-0.1, -0.05) is 26.0 Å². The minimum Gasteiger partial charge on any atom is -0.492 e. The number of aryl methyl sites for hydroxylation is 1. The number of hydrogen-bond donors (Lipinski definition) is 1. The summed E-state index contributed by atoms with van der Waals surface area (Å²) in [7, 11) is 0. The molecule has 1 heterocycles. The van der Waals surface area contributed by atoms with Crippen LogP contribution < -0.4 is 14.8 Å². The molecule has 0 fully saturated rings. The van der Waals surface area contributed by atoms with Gasteiger partial charge in [-0.05, 0) is 68.1 Å². The monoisotopic (exact) mass is 392 g/mol. The van der Waals surface area contributed by atoms with Crippen molar-refractivity contribution in [3.63, 3.8) is 0 Å². The summed E-state index contributed by atoms with van der Waals surface area (Å²) in [5.41, 5.74) is 3.60. The van der Waals surface area contributed by atoms with Gasteiger partial charge in [0.15, 0.2) is 6.10 Å². The Kier molecular flexibility index (Phi) is 6.37. The number of ether oxygens (including phenoxy) is 2. The third-order valence-electron chi connectivity index (χ3n) is 4.75. The van der Waals surface area contributed by atoms with Gasteiger partial charge in [0.1, 0.15) is 17.0 Å². The van der Waals surface area contributed by atoms with Gasteiger partial charge in [-0.2, -0.15) is 0 Å². The number of hydrogen-bond acceptors (Lipinski definition) is 4. The Bertz CT molecular complexity index is 1010. The molecule has 0 saturated carbocycles. The molecule has 2 aromatic carbocycles. The number of pyridine rings is 1. The number of carbonyl (C=O) groups is 1. The summed E-state index contributed by atoms with van der Waals surface area (Å²) >= 11 is 0. The van der Waals surface area contributed by atoms with E-state index in [1.54, 1.807) is 13.1 Å². The second-order valence-electron chi connectivity index (χ2n) is 7.39. The summed E-state index contributed by atoms with van der Waals surface area (Å²) in [5.74, 6) is 1.55. The Hall–Kier alpha value is -3.08. The highest BCUT2D eigenvalue weighted by atomic mass is 16.5. The highest BCUT2D eigenvalue weighted by molar-refractivity contribution is 6.04. The smallest absolute Gasteiger partial charge is 0.265 e. The number of aromatic nitrogens is 1. The van der Waals surface area contributed by atoms with Crippen molar-refractivity contribution in [1.82, 2.24) is 4.98 Å². The number of rotatable bonds is 7. The van der Waals surface area contributed by atoms with Crippen molar-refractivity contribution in [3.8, 4) is 11.5 Å². The van der Waals surface area contributed by atoms with Crippen molar-refractivity contribution in [1.29, 1.82) is 0 Å². The summed E-state index contributed by atoms with van der Waals surface area (Å²) < 4.78 is 11.7. The molecule has 152 valence electrons. The van der Waals surface area contributed by atoms with Gasteiger partial charge in [0, 0.05) is 11.6 Å². The van der Waals surface area contributed by atoms with E-state index in [-0.39, 0.29) is 5.91 Å². The van der Waals surface area contributed by atoms with Crippen molar-refractivity contribution in [2.45, 2.75) is 46.6 Å². The van der Waals surface area contributed by atoms with Crippen LogP contribution >= 0.6 is 0 Å². The topological polar surface area (TPSA) is 60.5 Å². The van der Waals surface area contributed by atoms with Crippen LogP contribution in [-0.4, -0.2) is 23.6 Å². The zero-order valence-electron chi connectivity index (χ0n) is 17.7. The van der Waals surface area contributed by atoms with Crippen LogP contribution in [0.15, 0.2) is 48.7 Å². The lowest BCUT2D eigenvalue weighted by molar-refractivity contribution is -0.122. The van der Waals surface area contributed by atoms with Crippen molar-refractivity contribution in [2.24, 2.45) is 0 Å². The lowest BCUT2D eigenvalue weighted by Gasteiger charge is -2.20. The van der Waals surface area contributed by atoms with Crippen LogP contribution in [0, 0.1) is 6.92 Å². The van der Waals surface area contributed by atoms with Gasteiger partial charge in [0.2, 0.25) is 0 Å². The summed E-state index contributed by atoms with van der Waals surface area (Å²) in [5, 5.41) is 3.81. The minimum atomic E-state index is -0.646. The second-order valence-corrected chi connectivity index (χ2v) is 7.39. The summed E-state index contributed by atoms with van der Waals surface area (Å²) in [6, 6.07) is 13.5. The van der Waals surface area contributed by atoms with Crippen LogP contribution in [0.4, 0.5) is 5.69 Å². The standard InChI is InChI=1S/C24H28N2O3/c1-6-28-21-12-11-20(19-8-7-13-25-23(19)21)26-24(27)17(5)29-22-14-16(4)9-10-18(22)15(2)3/h7-15,17H,6H2,1-5H3,(H,26,27)/t17-/m1/s1. The molecule has 3 aromatic rings. The van der Waals surface area contributed by atoms with E-state index in [9.17, 15) is 4.79 Å². The van der Waals surface area contributed by atoms with Crippen LogP contribution in [0.1, 0.15) is 44.7 Å². The predicted octanol–water partition coefficient (Wildman–Crippen LogP) is 5.47. The summed E-state index contributed by atoms with van der Waals surface area (Å²) in [6.45, 7) is 10.5. The van der Waals surface area contributed by atoms with Crippen LogP contribution in [0.3, 0.4) is 0 Å². The Morgan fingerprint density at radius 2 is 1.90 bits per heavy atom. The molecule has 5 nitrogen and oxygen atoms in total. The number of benzene rings is 2. The Balaban J connectivity index is 1.82. The van der Waals surface area contributed by atoms with Gasteiger partial charge in [-0.25, -0.2) is 0 Å². The number of fused-ring (bicyclic) bond motifs is 1. The van der Waals surface area contributed by atoms with E-state index in [1.807, 2.05) is 44.2 Å². The molecule has 0 unspecified atom stereocenters. The molecule has 29 heavy (non-hydrogen) atoms. The molecule has 0 aliphatic heterocycles. The van der Waals surface area contributed by atoms with Crippen molar-refractivity contribution in [2.75, 3.05) is 11.9 Å². The van der Waals surface area contributed by atoms with Crippen molar-refractivity contribution in [3.05, 3.63) is 59.8 Å². The average molecular weight is 392 g/mol. The molecular weight excluding hydrogens is 364 g/mol. The van der Waals surface area contributed by atoms with Gasteiger partial charge < -0.3 is 14.8 Å². The molecule has 1 aromatic heterocycles. The van der Waals surface area contributed by atoms with Crippen LogP contribution in [0.5, 0.6) is 11.5 Å². The molecule has 3 rings (SSSR count). The summed E-state index contributed by atoms with van der Waals surface area (Å²) in [4.78, 5) is 17.3. The zero-order valence-corrected chi connectivity index (χ0v) is 17.7. The third-order valence-corrected chi connectivity index (χ3v) is 4.75. The number of carbonyl (C=O) groups excluding carboxylic acids is 1. The normalized spacial score (nSPS) is 12.1. The highest BCUT2D eigenvalue weighted by Gasteiger charge is 2.19. The molecule has 1 N–H and O–H groups in total. The first-order valence-electron chi connectivity index (χ1n) is 9.99. The number of amides is 1. The first-order valence-corrected chi connectivity index (χ1v) is 9.99. The molecule has 0 aliphatic carbocycles. The van der Waals surface area contributed by atoms with Crippen molar-refractivity contribution >= 4 is 22.5 Å². The fourth-order valence-corrected chi connectivity index (χ4v) is 3.23. The molecule has 5 heteroatoms. The minimum absolute atomic E-state index is 0.212. The van der Waals surface area contributed by atoms with E-state index in [1.165, 1.54) is 0 Å². The van der Waals surface area contributed by atoms with E-state index >= 15 is 0 Å². The van der Waals surface area contributed by atoms with E-state index in [0.717, 1.165) is 27.8 Å². The first kappa shape index (κ1) is 20.6. The Morgan fingerprint density at radius 3 is 2.62 bits per heavy atom. The maximum atomic E-state index is 12.8. The van der Waals surface area contributed by atoms with Gasteiger partial charge in [-0.3, -0.25) is 9.78 Å². The quantitative estimate of drug-likeness (QED) is 0.579. The fourth-order valence-electron chi connectivity index (χ4n) is 3.23. The highest BCUT2D eigenvalue weighted by Crippen LogP contribution is 2.31. The molecule has 1 amide bonds. The van der Waals surface area contributed by atoms with Crippen molar-refractivity contribution < 1.29 is 14.3 Å². The molecule has 1 atom stereocenters. The Labute approximate surface area is 172 Å². The Morgan fingerprint density at radius 1 is 1.10 bits per heavy atom. The van der Waals surface area contributed by atoms with Gasteiger partial charge in [-0.15, -0.1) is 0 Å². The van der Waals surface area contributed by atoms with Gasteiger partial charge in [0.25, 0.3) is 5.91 Å². The second kappa shape index (κ2) is 8.95. The number of nitrogens with one attached hydrogen (secondary N) is 1. The van der Waals surface area contributed by atoms with Crippen LogP contribution in [0.2, 0.25) is 0 Å². The SMILES string of the molecule is CCOc1ccc(NC(=O)[C@@H](C)Oc2cc(C)ccc2C(C)C)c2cccnc12. The largest absolute Gasteiger partial charge is 0.492 e. The van der Waals surface area contributed by atoms with E-state index < -0.39 is 6.10 Å². The summed E-state index contributed by atoms with van der Waals surface area (Å²) in [6.07, 6.45) is 1.07. The van der Waals surface area contributed by atoms with Gasteiger partial charge in [0.05, 0.1) is 12.3 Å². The average Bonchev–Trinajstić information content (AvgIpc) is 2.69. The van der Waals surface area contributed by atoms with Crippen LogP contribution in [0.25, 0.3) is 10.9 Å². The first-order chi connectivity index (χ1) is 13.9. The van der Waals surface area contributed by atoms with Crippen LogP contribution in [-0.2, 0) is 4.79 Å². The maximum Gasteiger partial charge on any atom is 0.265 e. The molecule has 0 aliphatic rings. The number of anilines is 1. The van der Waals surface area contributed by atoms with Gasteiger partial charge >= 0.3 is 0 Å². The maximum absolute atomic E-state index is 12.8. The lowest BCUT2D eigenvalue weighted by atomic mass is 10.0. The molecular formula is C24H28N2O3. The fraction of sp³-hybridized carbons (Fsp3) is 0.333. The van der Waals surface area contributed by atoms with E-state index in [2.05, 4.69) is 36.3 Å². The molecule has 0 spiro atoms. The van der Waals surface area contributed by atoms with E-state index in [0.29, 0.717) is 24.0 Å². The zero-order chi connectivity index (χ0) is 21.0. The predicted molar refractivity (Wildman–Crippen MR) is 117 cm³/mol. The molecule has 0 saturated heterocycles. The van der Waals surface area contributed by atoms with E-state index in [4.69, 9.17) is 9.47 Å².